The van der Waals surface area contributed by atoms with Gasteiger partial charge in [0.1, 0.15) is 5.60 Å². The molecule has 2 aromatic carbocycles. The summed E-state index contributed by atoms with van der Waals surface area (Å²) in [7, 11) is 0. The third kappa shape index (κ3) is 7.43. The number of rotatable bonds is 5. The molecule has 0 spiro atoms. The summed E-state index contributed by atoms with van der Waals surface area (Å²) in [6.07, 6.45) is 0.0493. The number of carbonyl (C=O) groups excluding carboxylic acids is 1. The number of benzene rings is 2. The summed E-state index contributed by atoms with van der Waals surface area (Å²) in [4.78, 5) is 12.3. The first-order valence-electron chi connectivity index (χ1n) is 9.34. The molecule has 0 aliphatic carbocycles. The normalized spacial score (nSPS) is 13.1. The Morgan fingerprint density at radius 1 is 0.889 bits per heavy atom. The molecule has 146 valence electrons. The molecule has 4 nitrogen and oxygen atoms in total. The van der Waals surface area contributed by atoms with Crippen LogP contribution in [0.25, 0.3) is 0 Å². The number of nitrogens with one attached hydrogen (secondary N) is 1. The molecule has 0 saturated heterocycles. The monoisotopic (exact) mass is 369 g/mol. The van der Waals surface area contributed by atoms with Crippen LogP contribution in [0.1, 0.15) is 58.8 Å². The van der Waals surface area contributed by atoms with Gasteiger partial charge in [0.25, 0.3) is 0 Å². The Morgan fingerprint density at radius 2 is 1.48 bits per heavy atom. The van der Waals surface area contributed by atoms with Gasteiger partial charge in [0.15, 0.2) is 0 Å². The van der Waals surface area contributed by atoms with E-state index in [1.165, 1.54) is 5.56 Å². The molecular formula is C23H31NO3. The Hall–Kier alpha value is -2.33. The van der Waals surface area contributed by atoms with Gasteiger partial charge < -0.3 is 9.47 Å². The summed E-state index contributed by atoms with van der Waals surface area (Å²) < 4.78 is 11.8. The molecule has 1 N–H and O–H groups in total. The van der Waals surface area contributed by atoms with Gasteiger partial charge in [-0.15, -0.1) is 0 Å². The van der Waals surface area contributed by atoms with Crippen molar-refractivity contribution in [3.63, 3.8) is 0 Å². The van der Waals surface area contributed by atoms with Crippen molar-refractivity contribution in [2.75, 3.05) is 5.32 Å². The van der Waals surface area contributed by atoms with Crippen LogP contribution in [0.5, 0.6) is 0 Å². The van der Waals surface area contributed by atoms with Crippen LogP contribution in [0.15, 0.2) is 54.6 Å². The van der Waals surface area contributed by atoms with Crippen molar-refractivity contribution >= 4 is 11.8 Å². The maximum atomic E-state index is 12.3. The van der Waals surface area contributed by atoms with Gasteiger partial charge in [-0.25, -0.2) is 4.79 Å². The number of hydrogen-bond donors (Lipinski definition) is 1. The van der Waals surface area contributed by atoms with E-state index in [1.54, 1.807) is 0 Å². The first kappa shape index (κ1) is 21.0. The first-order valence-corrected chi connectivity index (χ1v) is 9.34. The second-order valence-corrected chi connectivity index (χ2v) is 8.62. The Bertz CT molecular complexity index is 742. The van der Waals surface area contributed by atoms with Gasteiger partial charge in [-0.05, 0) is 53.2 Å². The second-order valence-electron chi connectivity index (χ2n) is 8.62. The Labute approximate surface area is 162 Å². The summed E-state index contributed by atoms with van der Waals surface area (Å²) in [6, 6.07) is 17.9. The van der Waals surface area contributed by atoms with Crippen molar-refractivity contribution in [1.29, 1.82) is 0 Å². The fourth-order valence-electron chi connectivity index (χ4n) is 2.78. The molecular weight excluding hydrogens is 338 g/mol. The number of para-hydroxylation sites is 1. The third-order valence-electron chi connectivity index (χ3n) is 3.70. The van der Waals surface area contributed by atoms with Crippen molar-refractivity contribution in [2.45, 2.75) is 65.3 Å². The largest absolute Gasteiger partial charge is 0.444 e. The van der Waals surface area contributed by atoms with E-state index in [0.717, 1.165) is 5.56 Å². The molecule has 27 heavy (non-hydrogen) atoms. The minimum atomic E-state index is -0.551. The lowest BCUT2D eigenvalue weighted by Crippen LogP contribution is -2.28. The van der Waals surface area contributed by atoms with Gasteiger partial charge >= 0.3 is 6.09 Å². The fourth-order valence-corrected chi connectivity index (χ4v) is 2.78. The molecule has 0 bridgehead atoms. The van der Waals surface area contributed by atoms with Crippen LogP contribution in [0.2, 0.25) is 0 Å². The molecule has 0 unspecified atom stereocenters. The topological polar surface area (TPSA) is 47.6 Å². The van der Waals surface area contributed by atoms with Crippen LogP contribution < -0.4 is 5.32 Å². The van der Waals surface area contributed by atoms with E-state index in [-0.39, 0.29) is 11.7 Å². The Morgan fingerprint density at radius 3 is 2.07 bits per heavy atom. The predicted octanol–water partition coefficient (Wildman–Crippen LogP) is 6.13. The molecule has 0 aliphatic rings. The molecule has 0 saturated carbocycles. The van der Waals surface area contributed by atoms with E-state index < -0.39 is 11.7 Å². The Kier molecular flexibility index (Phi) is 6.66. The quantitative estimate of drug-likeness (QED) is 0.689. The van der Waals surface area contributed by atoms with Gasteiger partial charge in [0.05, 0.1) is 11.7 Å². The smallest absolute Gasteiger partial charge is 0.412 e. The van der Waals surface area contributed by atoms with Gasteiger partial charge in [0.2, 0.25) is 0 Å². The van der Waals surface area contributed by atoms with E-state index in [4.69, 9.17) is 9.47 Å². The van der Waals surface area contributed by atoms with Crippen LogP contribution in [0.4, 0.5) is 10.5 Å². The zero-order valence-electron chi connectivity index (χ0n) is 17.2. The average molecular weight is 370 g/mol. The predicted molar refractivity (Wildman–Crippen MR) is 110 cm³/mol. The molecule has 1 atom stereocenters. The standard InChI is InChI=1S/C23H31NO3/c1-22(2,3)26-20(16-17-12-8-7-9-13-17)18-14-10-11-15-19(18)24-21(25)27-23(4,5)6/h7-15,20H,16H2,1-6H3,(H,24,25)/t20-/m0/s1. The summed E-state index contributed by atoms with van der Waals surface area (Å²) in [6.45, 7) is 11.6. The summed E-state index contributed by atoms with van der Waals surface area (Å²) in [5.41, 5.74) is 1.95. The van der Waals surface area contributed by atoms with Gasteiger partial charge in [-0.2, -0.15) is 0 Å². The minimum absolute atomic E-state index is 0.196. The number of amides is 1. The highest BCUT2D eigenvalue weighted by Gasteiger charge is 2.24. The van der Waals surface area contributed by atoms with Crippen LogP contribution >= 0.6 is 0 Å². The number of anilines is 1. The van der Waals surface area contributed by atoms with E-state index >= 15 is 0 Å². The van der Waals surface area contributed by atoms with Gasteiger partial charge in [-0.3, -0.25) is 5.32 Å². The van der Waals surface area contributed by atoms with Crippen molar-refractivity contribution in [1.82, 2.24) is 0 Å². The summed E-state index contributed by atoms with van der Waals surface area (Å²) in [5.74, 6) is 0. The number of ether oxygens (including phenoxy) is 2. The highest BCUT2D eigenvalue weighted by molar-refractivity contribution is 5.86. The molecule has 0 fully saturated rings. The van der Waals surface area contributed by atoms with Crippen LogP contribution in [-0.4, -0.2) is 17.3 Å². The molecule has 1 amide bonds. The zero-order valence-corrected chi connectivity index (χ0v) is 17.2. The van der Waals surface area contributed by atoms with E-state index in [1.807, 2.05) is 84.0 Å². The van der Waals surface area contributed by atoms with Crippen molar-refractivity contribution in [2.24, 2.45) is 0 Å². The van der Waals surface area contributed by atoms with Crippen molar-refractivity contribution in [3.05, 3.63) is 65.7 Å². The van der Waals surface area contributed by atoms with E-state index in [9.17, 15) is 4.79 Å². The third-order valence-corrected chi connectivity index (χ3v) is 3.70. The van der Waals surface area contributed by atoms with Crippen molar-refractivity contribution < 1.29 is 14.3 Å². The van der Waals surface area contributed by atoms with Gasteiger partial charge in [0, 0.05) is 17.7 Å². The number of carbonyl (C=O) groups is 1. The average Bonchev–Trinajstić information content (AvgIpc) is 2.52. The zero-order chi connectivity index (χ0) is 20.1. The van der Waals surface area contributed by atoms with Crippen LogP contribution in [0, 0.1) is 0 Å². The van der Waals surface area contributed by atoms with E-state index in [2.05, 4.69) is 17.4 Å². The highest BCUT2D eigenvalue weighted by atomic mass is 16.6. The van der Waals surface area contributed by atoms with Crippen LogP contribution in [0.3, 0.4) is 0 Å². The lowest BCUT2D eigenvalue weighted by atomic mass is 9.98. The second kappa shape index (κ2) is 8.57. The highest BCUT2D eigenvalue weighted by Crippen LogP contribution is 2.32. The van der Waals surface area contributed by atoms with Crippen LogP contribution in [-0.2, 0) is 15.9 Å². The lowest BCUT2D eigenvalue weighted by molar-refractivity contribution is -0.0610. The maximum Gasteiger partial charge on any atom is 0.412 e. The summed E-state index contributed by atoms with van der Waals surface area (Å²) >= 11 is 0. The Balaban J connectivity index is 2.30. The fraction of sp³-hybridized carbons (Fsp3) is 0.435. The van der Waals surface area contributed by atoms with E-state index in [0.29, 0.717) is 12.1 Å². The molecule has 0 heterocycles. The number of hydrogen-bond acceptors (Lipinski definition) is 3. The molecule has 0 radical (unpaired) electrons. The molecule has 2 aromatic rings. The summed E-state index contributed by atoms with van der Waals surface area (Å²) in [5, 5.41) is 2.88. The van der Waals surface area contributed by atoms with Gasteiger partial charge in [-0.1, -0.05) is 48.5 Å². The SMILES string of the molecule is CC(C)(C)OC(=O)Nc1ccccc1[C@H](Cc1ccccc1)OC(C)(C)C. The molecule has 2 rings (SSSR count). The lowest BCUT2D eigenvalue weighted by Gasteiger charge is -2.29. The first-order chi connectivity index (χ1) is 12.5. The van der Waals surface area contributed by atoms with Crippen molar-refractivity contribution in [3.8, 4) is 0 Å². The molecule has 0 aromatic heterocycles. The molecule has 0 aliphatic heterocycles. The molecule has 4 heteroatoms. The maximum absolute atomic E-state index is 12.3. The minimum Gasteiger partial charge on any atom is -0.444 e.